The molecule has 3 aliphatic carbocycles. The lowest BCUT2D eigenvalue weighted by Gasteiger charge is -2.42. The number of aliphatic hydroxyl groups is 2. The molecule has 0 aromatic rings. The minimum Gasteiger partial charge on any atom is -0.395 e. The summed E-state index contributed by atoms with van der Waals surface area (Å²) in [6.07, 6.45) is 6.93. The zero-order valence-corrected chi connectivity index (χ0v) is 14.9. The number of aliphatic hydroxyl groups excluding tert-OH is 2. The molecule has 4 rings (SSSR count). The summed E-state index contributed by atoms with van der Waals surface area (Å²) < 4.78 is 11.7. The van der Waals surface area contributed by atoms with Crippen molar-refractivity contribution in [2.24, 2.45) is 17.3 Å². The van der Waals surface area contributed by atoms with Gasteiger partial charge in [0.15, 0.2) is 5.79 Å². The molecule has 1 spiro atoms. The second-order valence-electron chi connectivity index (χ2n) is 8.13. The molecular formula is C20H28O5. The van der Waals surface area contributed by atoms with Crippen LogP contribution in [0.4, 0.5) is 0 Å². The molecule has 2 unspecified atom stereocenters. The van der Waals surface area contributed by atoms with Gasteiger partial charge in [0.1, 0.15) is 5.78 Å². The highest BCUT2D eigenvalue weighted by molar-refractivity contribution is 5.87. The van der Waals surface area contributed by atoms with Crippen LogP contribution in [0, 0.1) is 17.3 Å². The van der Waals surface area contributed by atoms with E-state index in [1.165, 1.54) is 11.1 Å². The van der Waals surface area contributed by atoms with Crippen molar-refractivity contribution in [1.29, 1.82) is 0 Å². The van der Waals surface area contributed by atoms with Gasteiger partial charge in [-0.25, -0.2) is 0 Å². The molecule has 2 N–H and O–H groups in total. The second kappa shape index (κ2) is 6.31. The van der Waals surface area contributed by atoms with Crippen LogP contribution in [0.3, 0.4) is 0 Å². The predicted octanol–water partition coefficient (Wildman–Crippen LogP) is 2.13. The number of fused-ring (bicyclic) bond motifs is 1. The summed E-state index contributed by atoms with van der Waals surface area (Å²) in [5.74, 6) is -0.0925. The third kappa shape index (κ3) is 2.64. The molecule has 1 heterocycles. The van der Waals surface area contributed by atoms with Crippen LogP contribution in [0.25, 0.3) is 0 Å². The number of hydrogen-bond acceptors (Lipinski definition) is 5. The maximum atomic E-state index is 12.3. The fourth-order valence-electron chi connectivity index (χ4n) is 5.49. The molecule has 0 bridgehead atoms. The minimum absolute atomic E-state index is 0.0260. The van der Waals surface area contributed by atoms with E-state index in [0.717, 1.165) is 37.7 Å². The Hall–Kier alpha value is -1.01. The lowest BCUT2D eigenvalue weighted by atomic mass is 9.64. The Morgan fingerprint density at radius 1 is 1.16 bits per heavy atom. The van der Waals surface area contributed by atoms with E-state index in [4.69, 9.17) is 9.47 Å². The molecule has 1 aliphatic heterocycles. The van der Waals surface area contributed by atoms with Gasteiger partial charge in [-0.3, -0.25) is 4.79 Å². The number of carbonyl (C=O) groups is 1. The molecule has 5 heteroatoms. The van der Waals surface area contributed by atoms with E-state index in [0.29, 0.717) is 19.6 Å². The molecule has 1 saturated carbocycles. The van der Waals surface area contributed by atoms with Gasteiger partial charge in [-0.05, 0) is 60.3 Å². The molecule has 5 nitrogen and oxygen atoms in total. The minimum atomic E-state index is -0.666. The zero-order valence-electron chi connectivity index (χ0n) is 14.9. The monoisotopic (exact) mass is 348 g/mol. The van der Waals surface area contributed by atoms with Crippen molar-refractivity contribution in [2.45, 2.75) is 51.2 Å². The van der Waals surface area contributed by atoms with E-state index >= 15 is 0 Å². The number of Topliss-reactive ketones (excluding diaryl/α,β-unsaturated/α-hetero) is 1. The van der Waals surface area contributed by atoms with Gasteiger partial charge < -0.3 is 19.7 Å². The van der Waals surface area contributed by atoms with E-state index < -0.39 is 11.2 Å². The molecule has 0 radical (unpaired) electrons. The lowest BCUT2D eigenvalue weighted by Crippen LogP contribution is -2.40. The molecule has 0 aromatic carbocycles. The Balaban J connectivity index is 1.68. The Morgan fingerprint density at radius 2 is 1.92 bits per heavy atom. The molecule has 25 heavy (non-hydrogen) atoms. The van der Waals surface area contributed by atoms with Gasteiger partial charge in [0.2, 0.25) is 0 Å². The number of rotatable bonds is 3. The molecule has 0 amide bonds. The van der Waals surface area contributed by atoms with Crippen molar-refractivity contribution in [3.8, 4) is 0 Å². The molecule has 1 saturated heterocycles. The molecule has 4 aliphatic rings. The van der Waals surface area contributed by atoms with Crippen LogP contribution < -0.4 is 0 Å². The Morgan fingerprint density at radius 3 is 2.60 bits per heavy atom. The standard InChI is InChI=1S/C20H28O5/c1-19(12-22)17(4-5-18(19)23)15-3-2-13-10-20(24-8-9-25-20)7-6-14(13)16(15)11-21/h10,15,17,21-22H,2-9,11-12H2,1H3/t15?,17?,19-/m0/s1. The molecule has 3 atom stereocenters. The van der Waals surface area contributed by atoms with E-state index in [1.807, 2.05) is 6.92 Å². The van der Waals surface area contributed by atoms with Crippen LogP contribution >= 0.6 is 0 Å². The van der Waals surface area contributed by atoms with E-state index in [1.54, 1.807) is 0 Å². The average molecular weight is 348 g/mol. The summed E-state index contributed by atoms with van der Waals surface area (Å²) in [6, 6.07) is 0. The molecule has 138 valence electrons. The number of hydrogen-bond donors (Lipinski definition) is 2. The Labute approximate surface area is 148 Å². The van der Waals surface area contributed by atoms with Crippen LogP contribution in [0.1, 0.15) is 45.4 Å². The van der Waals surface area contributed by atoms with Gasteiger partial charge >= 0.3 is 0 Å². The van der Waals surface area contributed by atoms with Crippen molar-refractivity contribution in [3.05, 3.63) is 22.8 Å². The summed E-state index contributed by atoms with van der Waals surface area (Å²) in [6.45, 7) is 3.09. The van der Waals surface area contributed by atoms with Gasteiger partial charge in [0.25, 0.3) is 0 Å². The Kier molecular flexibility index (Phi) is 4.39. The first-order valence-corrected chi connectivity index (χ1v) is 9.50. The van der Waals surface area contributed by atoms with E-state index in [-0.39, 0.29) is 30.8 Å². The van der Waals surface area contributed by atoms with Crippen LogP contribution in [-0.2, 0) is 14.3 Å². The third-order valence-corrected chi connectivity index (χ3v) is 6.96. The summed E-state index contributed by atoms with van der Waals surface area (Å²) in [7, 11) is 0. The van der Waals surface area contributed by atoms with Gasteiger partial charge in [0, 0.05) is 12.8 Å². The number of carbonyl (C=O) groups excluding carboxylic acids is 1. The summed E-state index contributed by atoms with van der Waals surface area (Å²) in [5, 5.41) is 20.0. The van der Waals surface area contributed by atoms with Crippen LogP contribution in [0.15, 0.2) is 22.8 Å². The van der Waals surface area contributed by atoms with Gasteiger partial charge in [-0.2, -0.15) is 0 Å². The smallest absolute Gasteiger partial charge is 0.188 e. The van der Waals surface area contributed by atoms with Crippen LogP contribution in [-0.4, -0.2) is 48.2 Å². The number of ether oxygens (including phenoxy) is 2. The summed E-state index contributed by atoms with van der Waals surface area (Å²) in [4.78, 5) is 12.3. The molecular weight excluding hydrogens is 320 g/mol. The van der Waals surface area contributed by atoms with Crippen molar-refractivity contribution >= 4 is 5.78 Å². The SMILES string of the molecule is C[C@@]1(CO)C(=O)CCC1C1CCC2=CC3(CCC2=C1CO)OCCO3. The largest absolute Gasteiger partial charge is 0.395 e. The average Bonchev–Trinajstić information content (AvgIpc) is 3.19. The highest BCUT2D eigenvalue weighted by Gasteiger charge is 2.51. The first-order valence-electron chi connectivity index (χ1n) is 9.50. The fraction of sp³-hybridized carbons (Fsp3) is 0.750. The molecule has 0 aromatic heterocycles. The molecule has 2 fully saturated rings. The van der Waals surface area contributed by atoms with Crippen molar-refractivity contribution in [3.63, 3.8) is 0 Å². The number of allylic oxidation sites excluding steroid dienone is 2. The zero-order chi connectivity index (χ0) is 17.7. The van der Waals surface area contributed by atoms with Crippen molar-refractivity contribution in [2.75, 3.05) is 26.4 Å². The van der Waals surface area contributed by atoms with Crippen LogP contribution in [0.2, 0.25) is 0 Å². The topological polar surface area (TPSA) is 76.0 Å². The first-order chi connectivity index (χ1) is 12.0. The number of ketones is 1. The van der Waals surface area contributed by atoms with Crippen molar-refractivity contribution in [1.82, 2.24) is 0 Å². The first kappa shape index (κ1) is 17.4. The summed E-state index contributed by atoms with van der Waals surface area (Å²) >= 11 is 0. The van der Waals surface area contributed by atoms with Crippen molar-refractivity contribution < 1.29 is 24.5 Å². The van der Waals surface area contributed by atoms with Crippen LogP contribution in [0.5, 0.6) is 0 Å². The lowest BCUT2D eigenvalue weighted by molar-refractivity contribution is -0.129. The Bertz CT molecular complexity index is 628. The maximum Gasteiger partial charge on any atom is 0.188 e. The predicted molar refractivity (Wildman–Crippen MR) is 91.7 cm³/mol. The maximum absolute atomic E-state index is 12.3. The van der Waals surface area contributed by atoms with E-state index in [2.05, 4.69) is 6.08 Å². The fourth-order valence-corrected chi connectivity index (χ4v) is 5.49. The highest BCUT2D eigenvalue weighted by atomic mass is 16.7. The quantitative estimate of drug-likeness (QED) is 0.817. The third-order valence-electron chi connectivity index (χ3n) is 6.96. The van der Waals surface area contributed by atoms with Gasteiger partial charge in [-0.1, -0.05) is 6.92 Å². The van der Waals surface area contributed by atoms with E-state index in [9.17, 15) is 15.0 Å². The highest BCUT2D eigenvalue weighted by Crippen LogP contribution is 2.52. The second-order valence-corrected chi connectivity index (χ2v) is 8.13. The van der Waals surface area contributed by atoms with Gasteiger partial charge in [-0.15, -0.1) is 0 Å². The summed E-state index contributed by atoms with van der Waals surface area (Å²) in [5.41, 5.74) is 2.89. The van der Waals surface area contributed by atoms with Gasteiger partial charge in [0.05, 0.1) is 31.8 Å². The normalized spacial score (nSPS) is 37.6.